The second-order valence-electron chi connectivity index (χ2n) is 5.84. The smallest absolute Gasteiger partial charge is 0.411 e. The number of carboxylic acid groups (broad SMARTS) is 1. The minimum Gasteiger partial charge on any atom is -0.479 e. The molecule has 0 aliphatic carbocycles. The van der Waals surface area contributed by atoms with E-state index in [1.807, 2.05) is 6.92 Å². The van der Waals surface area contributed by atoms with Crippen molar-refractivity contribution in [1.29, 1.82) is 0 Å². The van der Waals surface area contributed by atoms with Crippen molar-refractivity contribution in [3.05, 3.63) is 18.2 Å². The third-order valence-electron chi connectivity index (χ3n) is 2.77. The van der Waals surface area contributed by atoms with Gasteiger partial charge < -0.3 is 14.4 Å². The molecule has 0 fully saturated rings. The van der Waals surface area contributed by atoms with Crippen LogP contribution in [0.1, 0.15) is 45.9 Å². The number of hydrogen-bond acceptors (Lipinski definition) is 4. The Balaban J connectivity index is 3.13. The predicted octanol–water partition coefficient (Wildman–Crippen LogP) is 2.19. The number of imidazole rings is 1. The summed E-state index contributed by atoms with van der Waals surface area (Å²) in [6, 6.07) is -1.12. The Hall–Kier alpha value is -2.05. The maximum absolute atomic E-state index is 12.3. The molecule has 1 amide bonds. The lowest BCUT2D eigenvalue weighted by molar-refractivity contribution is -0.143. The number of aliphatic carboxylic acids is 1. The minimum absolute atomic E-state index is 0.289. The van der Waals surface area contributed by atoms with Crippen LogP contribution in [-0.4, -0.2) is 43.8 Å². The molecule has 0 aromatic carbocycles. The summed E-state index contributed by atoms with van der Waals surface area (Å²) in [6.45, 7) is 7.40. The molecule has 118 valence electrons. The fourth-order valence-corrected chi connectivity index (χ4v) is 1.94. The molecule has 0 aliphatic rings. The normalized spacial score (nSPS) is 12.8. The molecule has 1 aromatic heterocycles. The van der Waals surface area contributed by atoms with Gasteiger partial charge in [-0.3, -0.25) is 4.90 Å². The summed E-state index contributed by atoms with van der Waals surface area (Å²) < 4.78 is 6.90. The molecule has 21 heavy (non-hydrogen) atoms. The summed E-state index contributed by atoms with van der Waals surface area (Å²) in [6.07, 6.45) is 2.94. The van der Waals surface area contributed by atoms with Gasteiger partial charge in [0.25, 0.3) is 0 Å². The van der Waals surface area contributed by atoms with Crippen molar-refractivity contribution in [2.24, 2.45) is 7.05 Å². The lowest BCUT2D eigenvalue weighted by Gasteiger charge is -2.31. The maximum Gasteiger partial charge on any atom is 0.411 e. The first kappa shape index (κ1) is 17.0. The maximum atomic E-state index is 12.3. The summed E-state index contributed by atoms with van der Waals surface area (Å²) in [5, 5.41) is 9.52. The second-order valence-corrected chi connectivity index (χ2v) is 5.84. The van der Waals surface area contributed by atoms with Crippen molar-refractivity contribution >= 4 is 12.1 Å². The molecular weight excluding hydrogens is 274 g/mol. The van der Waals surface area contributed by atoms with E-state index in [-0.39, 0.29) is 6.54 Å². The van der Waals surface area contributed by atoms with Gasteiger partial charge in [0.15, 0.2) is 6.04 Å². The van der Waals surface area contributed by atoms with Crippen LogP contribution in [0.15, 0.2) is 12.5 Å². The Labute approximate surface area is 124 Å². The molecule has 1 N–H and O–H groups in total. The van der Waals surface area contributed by atoms with E-state index in [9.17, 15) is 14.7 Å². The van der Waals surface area contributed by atoms with Crippen LogP contribution in [0.4, 0.5) is 4.79 Å². The van der Waals surface area contributed by atoms with Crippen molar-refractivity contribution in [2.75, 3.05) is 6.54 Å². The monoisotopic (exact) mass is 297 g/mol. The van der Waals surface area contributed by atoms with Crippen LogP contribution < -0.4 is 0 Å². The number of amides is 1. The van der Waals surface area contributed by atoms with E-state index in [2.05, 4.69) is 4.98 Å². The Morgan fingerprint density at radius 2 is 2.10 bits per heavy atom. The summed E-state index contributed by atoms with van der Waals surface area (Å²) in [5.74, 6) is -1.11. The highest BCUT2D eigenvalue weighted by Crippen LogP contribution is 2.23. The summed E-state index contributed by atoms with van der Waals surface area (Å²) in [4.78, 5) is 29.1. The van der Waals surface area contributed by atoms with E-state index in [1.54, 1.807) is 32.4 Å². The van der Waals surface area contributed by atoms with Crippen LogP contribution in [0.2, 0.25) is 0 Å². The number of carboxylic acids is 1. The number of aryl methyl sites for hydroxylation is 1. The van der Waals surface area contributed by atoms with Crippen molar-refractivity contribution in [3.8, 4) is 0 Å². The van der Waals surface area contributed by atoms with E-state index < -0.39 is 23.7 Å². The molecule has 0 aliphatic heterocycles. The van der Waals surface area contributed by atoms with Crippen molar-refractivity contribution in [1.82, 2.24) is 14.5 Å². The van der Waals surface area contributed by atoms with Gasteiger partial charge in [0.2, 0.25) is 0 Å². The third kappa shape index (κ3) is 4.47. The summed E-state index contributed by atoms with van der Waals surface area (Å²) >= 11 is 0. The SMILES string of the molecule is CCCN(C(=O)OC(C)(C)C)C(C(=O)O)c1cncn1C. The number of aromatic nitrogens is 2. The number of hydrogen-bond donors (Lipinski definition) is 1. The molecule has 1 unspecified atom stereocenters. The molecule has 7 nitrogen and oxygen atoms in total. The van der Waals surface area contributed by atoms with E-state index in [0.29, 0.717) is 12.1 Å². The van der Waals surface area contributed by atoms with Crippen LogP contribution in [0, 0.1) is 0 Å². The Bertz CT molecular complexity index is 505. The number of carbonyl (C=O) groups excluding carboxylic acids is 1. The van der Waals surface area contributed by atoms with Crippen LogP contribution in [0.5, 0.6) is 0 Å². The Kier molecular flexibility index (Phi) is 5.34. The van der Waals surface area contributed by atoms with E-state index in [1.165, 1.54) is 17.4 Å². The zero-order valence-electron chi connectivity index (χ0n) is 13.2. The van der Waals surface area contributed by atoms with Gasteiger partial charge in [-0.25, -0.2) is 14.6 Å². The first-order valence-corrected chi connectivity index (χ1v) is 6.86. The molecular formula is C14H23N3O4. The molecule has 0 spiro atoms. The molecule has 0 saturated carbocycles. The van der Waals surface area contributed by atoms with E-state index in [0.717, 1.165) is 0 Å². The lowest BCUT2D eigenvalue weighted by Crippen LogP contribution is -2.43. The topological polar surface area (TPSA) is 84.7 Å². The Morgan fingerprint density at radius 1 is 1.48 bits per heavy atom. The lowest BCUT2D eigenvalue weighted by atomic mass is 10.1. The predicted molar refractivity (Wildman–Crippen MR) is 76.8 cm³/mol. The molecule has 1 heterocycles. The van der Waals surface area contributed by atoms with Gasteiger partial charge in [-0.15, -0.1) is 0 Å². The highest BCUT2D eigenvalue weighted by molar-refractivity contribution is 5.81. The number of rotatable bonds is 5. The summed E-state index contributed by atoms with van der Waals surface area (Å²) in [7, 11) is 1.69. The van der Waals surface area contributed by atoms with Gasteiger partial charge in [-0.05, 0) is 27.2 Å². The van der Waals surface area contributed by atoms with Gasteiger partial charge in [-0.1, -0.05) is 6.92 Å². The number of nitrogens with zero attached hydrogens (tertiary/aromatic N) is 3. The third-order valence-corrected chi connectivity index (χ3v) is 2.77. The standard InChI is InChI=1S/C14H23N3O4/c1-6-7-17(13(20)21-14(2,3)4)11(12(18)19)10-8-15-9-16(10)5/h8-9,11H,6-7H2,1-5H3,(H,18,19). The van der Waals surface area contributed by atoms with Gasteiger partial charge in [0.05, 0.1) is 18.2 Å². The van der Waals surface area contributed by atoms with Crippen molar-refractivity contribution < 1.29 is 19.4 Å². The average Bonchev–Trinajstić information content (AvgIpc) is 2.72. The first-order valence-electron chi connectivity index (χ1n) is 6.86. The van der Waals surface area contributed by atoms with Crippen LogP contribution in [-0.2, 0) is 16.6 Å². The molecule has 0 saturated heterocycles. The average molecular weight is 297 g/mol. The zero-order valence-corrected chi connectivity index (χ0v) is 13.2. The second kappa shape index (κ2) is 6.60. The molecule has 1 atom stereocenters. The Morgan fingerprint density at radius 3 is 2.48 bits per heavy atom. The number of carbonyl (C=O) groups is 2. The number of ether oxygens (including phenoxy) is 1. The van der Waals surface area contributed by atoms with Crippen LogP contribution in [0.3, 0.4) is 0 Å². The van der Waals surface area contributed by atoms with Gasteiger partial charge >= 0.3 is 12.1 Å². The van der Waals surface area contributed by atoms with Crippen molar-refractivity contribution in [2.45, 2.75) is 45.8 Å². The first-order chi connectivity index (χ1) is 9.67. The zero-order chi connectivity index (χ0) is 16.2. The largest absolute Gasteiger partial charge is 0.479 e. The van der Waals surface area contributed by atoms with E-state index >= 15 is 0 Å². The minimum atomic E-state index is -1.12. The molecule has 1 aromatic rings. The highest BCUT2D eigenvalue weighted by Gasteiger charge is 2.35. The van der Waals surface area contributed by atoms with Gasteiger partial charge in [0.1, 0.15) is 5.60 Å². The molecule has 1 rings (SSSR count). The highest BCUT2D eigenvalue weighted by atomic mass is 16.6. The fourth-order valence-electron chi connectivity index (χ4n) is 1.94. The van der Waals surface area contributed by atoms with Crippen molar-refractivity contribution in [3.63, 3.8) is 0 Å². The molecule has 0 radical (unpaired) electrons. The van der Waals surface area contributed by atoms with E-state index in [4.69, 9.17) is 4.74 Å². The van der Waals surface area contributed by atoms with Crippen LogP contribution >= 0.6 is 0 Å². The summed E-state index contributed by atoms with van der Waals surface area (Å²) in [5.41, 5.74) is -0.250. The quantitative estimate of drug-likeness (QED) is 0.900. The fraction of sp³-hybridized carbons (Fsp3) is 0.643. The molecule has 7 heteroatoms. The molecule has 0 bridgehead atoms. The van der Waals surface area contributed by atoms with Gasteiger partial charge in [0, 0.05) is 13.6 Å². The van der Waals surface area contributed by atoms with Gasteiger partial charge in [-0.2, -0.15) is 0 Å². The van der Waals surface area contributed by atoms with Crippen LogP contribution in [0.25, 0.3) is 0 Å².